The Balaban J connectivity index is 1.65. The fourth-order valence-corrected chi connectivity index (χ4v) is 3.94. The van der Waals surface area contributed by atoms with Crippen molar-refractivity contribution in [1.29, 1.82) is 0 Å². The van der Waals surface area contributed by atoms with Gasteiger partial charge in [-0.1, -0.05) is 0 Å². The van der Waals surface area contributed by atoms with Crippen molar-refractivity contribution in [2.24, 2.45) is 0 Å². The Morgan fingerprint density at radius 3 is 1.53 bits per heavy atom. The second kappa shape index (κ2) is 11.6. The van der Waals surface area contributed by atoms with Crippen molar-refractivity contribution in [1.82, 2.24) is 0 Å². The molecule has 34 heavy (non-hydrogen) atoms. The van der Waals surface area contributed by atoms with E-state index < -0.39 is 112 Å². The van der Waals surface area contributed by atoms with E-state index in [2.05, 4.69) is 0 Å². The molecule has 0 aromatic rings. The van der Waals surface area contributed by atoms with Crippen LogP contribution in [0.4, 0.5) is 0 Å². The second-order valence-electron chi connectivity index (χ2n) is 8.37. The van der Waals surface area contributed by atoms with Crippen molar-refractivity contribution in [2.75, 3.05) is 19.8 Å². The topological polar surface area (TPSA) is 269 Å². The standard InChI is InChI=1S/C18H32O16/c19-1-4-7(21)10(24)12(26)17(32-4)30-3-6-9(23)15(14(28)16(29)31-6)34-18-13(27)11(25)8(22)5(2-20)33-18/h4-29H,1-3H2/t4-,5-,6-,7-,8-,9-,10+,11+,12+,13-,14+,15+,16+,17+,18+/m1/s1. The maximum Gasteiger partial charge on any atom is 0.187 e. The van der Waals surface area contributed by atoms with Crippen molar-refractivity contribution >= 4 is 0 Å². The molecule has 3 fully saturated rings. The Kier molecular flexibility index (Phi) is 9.54. The summed E-state index contributed by atoms with van der Waals surface area (Å²) in [6.07, 6.45) is -24.9. The number of aliphatic hydroxyl groups is 11. The van der Waals surface area contributed by atoms with Gasteiger partial charge < -0.3 is 79.9 Å². The molecular formula is C18H32O16. The molecule has 3 aliphatic heterocycles. The van der Waals surface area contributed by atoms with Gasteiger partial charge in [0.05, 0.1) is 19.8 Å². The molecule has 3 saturated heterocycles. The fourth-order valence-electron chi connectivity index (χ4n) is 3.94. The van der Waals surface area contributed by atoms with Gasteiger partial charge in [-0.3, -0.25) is 0 Å². The van der Waals surface area contributed by atoms with Crippen LogP contribution in [0.1, 0.15) is 0 Å². The normalized spacial score (nSPS) is 52.5. The zero-order chi connectivity index (χ0) is 25.3. The highest BCUT2D eigenvalue weighted by molar-refractivity contribution is 4.94. The van der Waals surface area contributed by atoms with E-state index in [0.29, 0.717) is 0 Å². The quantitative estimate of drug-likeness (QED) is 0.154. The lowest BCUT2D eigenvalue weighted by molar-refractivity contribution is -0.361. The Labute approximate surface area is 192 Å². The number of aliphatic hydroxyl groups excluding tert-OH is 11. The van der Waals surface area contributed by atoms with Crippen LogP contribution in [0.5, 0.6) is 0 Å². The maximum absolute atomic E-state index is 10.6. The first kappa shape index (κ1) is 27.9. The highest BCUT2D eigenvalue weighted by Gasteiger charge is 2.51. The van der Waals surface area contributed by atoms with Crippen LogP contribution < -0.4 is 0 Å². The molecule has 15 atom stereocenters. The van der Waals surface area contributed by atoms with Gasteiger partial charge >= 0.3 is 0 Å². The van der Waals surface area contributed by atoms with Crippen molar-refractivity contribution in [3.63, 3.8) is 0 Å². The maximum atomic E-state index is 10.6. The number of hydrogen-bond acceptors (Lipinski definition) is 16. The van der Waals surface area contributed by atoms with Gasteiger partial charge in [0, 0.05) is 0 Å². The number of hydrogen-bond donors (Lipinski definition) is 11. The average molecular weight is 504 g/mol. The molecule has 0 radical (unpaired) electrons. The molecule has 16 heteroatoms. The van der Waals surface area contributed by atoms with Crippen molar-refractivity contribution in [2.45, 2.75) is 92.1 Å². The summed E-state index contributed by atoms with van der Waals surface area (Å²) in [6.45, 7) is -2.06. The Morgan fingerprint density at radius 1 is 0.500 bits per heavy atom. The summed E-state index contributed by atoms with van der Waals surface area (Å²) in [4.78, 5) is 0. The first-order chi connectivity index (χ1) is 16.0. The molecule has 200 valence electrons. The summed E-state index contributed by atoms with van der Waals surface area (Å²) in [5, 5.41) is 109. The third-order valence-corrected chi connectivity index (χ3v) is 6.07. The lowest BCUT2D eigenvalue weighted by Crippen LogP contribution is -2.65. The fraction of sp³-hybridized carbons (Fsp3) is 1.00. The van der Waals surface area contributed by atoms with Gasteiger partial charge in [-0.2, -0.15) is 0 Å². The van der Waals surface area contributed by atoms with Crippen LogP contribution in [-0.4, -0.2) is 168 Å². The second-order valence-corrected chi connectivity index (χ2v) is 8.37. The summed E-state index contributed by atoms with van der Waals surface area (Å²) in [7, 11) is 0. The summed E-state index contributed by atoms with van der Waals surface area (Å²) in [5.41, 5.74) is 0. The molecule has 0 unspecified atom stereocenters. The molecule has 0 amide bonds. The predicted molar refractivity (Wildman–Crippen MR) is 101 cm³/mol. The molecule has 0 saturated carbocycles. The third kappa shape index (κ3) is 5.52. The van der Waals surface area contributed by atoms with Crippen LogP contribution in [0.3, 0.4) is 0 Å². The summed E-state index contributed by atoms with van der Waals surface area (Å²) >= 11 is 0. The van der Waals surface area contributed by atoms with E-state index in [-0.39, 0.29) is 0 Å². The number of rotatable bonds is 7. The highest BCUT2D eigenvalue weighted by Crippen LogP contribution is 2.29. The van der Waals surface area contributed by atoms with Crippen LogP contribution in [0, 0.1) is 0 Å². The van der Waals surface area contributed by atoms with E-state index in [1.54, 1.807) is 0 Å². The first-order valence-corrected chi connectivity index (χ1v) is 10.6. The molecule has 0 aliphatic carbocycles. The van der Waals surface area contributed by atoms with E-state index in [0.717, 1.165) is 0 Å². The van der Waals surface area contributed by atoms with E-state index in [1.165, 1.54) is 0 Å². The average Bonchev–Trinajstić information content (AvgIpc) is 2.82. The zero-order valence-electron chi connectivity index (χ0n) is 17.7. The van der Waals surface area contributed by atoms with Crippen molar-refractivity contribution in [3.05, 3.63) is 0 Å². The van der Waals surface area contributed by atoms with Gasteiger partial charge in [-0.25, -0.2) is 0 Å². The smallest absolute Gasteiger partial charge is 0.187 e. The minimum Gasteiger partial charge on any atom is -0.394 e. The van der Waals surface area contributed by atoms with Crippen LogP contribution in [0.2, 0.25) is 0 Å². The van der Waals surface area contributed by atoms with Crippen LogP contribution in [-0.2, 0) is 23.7 Å². The molecule has 0 aromatic heterocycles. The van der Waals surface area contributed by atoms with Gasteiger partial charge in [0.1, 0.15) is 73.2 Å². The zero-order valence-corrected chi connectivity index (χ0v) is 17.7. The molecule has 16 nitrogen and oxygen atoms in total. The molecule has 0 aromatic carbocycles. The number of ether oxygens (including phenoxy) is 5. The van der Waals surface area contributed by atoms with E-state index in [9.17, 15) is 56.2 Å². The van der Waals surface area contributed by atoms with E-state index in [4.69, 9.17) is 23.7 Å². The first-order valence-electron chi connectivity index (χ1n) is 10.6. The molecule has 3 rings (SSSR count). The van der Waals surface area contributed by atoms with Crippen LogP contribution >= 0.6 is 0 Å². The molecule has 11 N–H and O–H groups in total. The molecular weight excluding hydrogens is 472 g/mol. The van der Waals surface area contributed by atoms with Crippen LogP contribution in [0.25, 0.3) is 0 Å². The van der Waals surface area contributed by atoms with Gasteiger partial charge in [0.25, 0.3) is 0 Å². The minimum absolute atomic E-state index is 0.609. The Hall–Kier alpha value is -0.640. The molecule has 3 heterocycles. The summed E-state index contributed by atoms with van der Waals surface area (Å²) in [6, 6.07) is 0. The molecule has 0 spiro atoms. The van der Waals surface area contributed by atoms with Gasteiger partial charge in [0.2, 0.25) is 0 Å². The summed E-state index contributed by atoms with van der Waals surface area (Å²) < 4.78 is 26.1. The van der Waals surface area contributed by atoms with Crippen LogP contribution in [0.15, 0.2) is 0 Å². The SMILES string of the molecule is OC[C@H]1O[C@H](OC[C@H]2O[C@H](O)[C@@H](O)[C@@H](O[C@@H]3O[C@H](CO)[C@@H](O)[C@H](O)[C@H]3O)[C@@H]2O)[C@@H](O)[C@@H](O)[C@@H]1O. The van der Waals surface area contributed by atoms with Crippen molar-refractivity contribution < 1.29 is 79.9 Å². The Bertz CT molecular complexity index is 637. The monoisotopic (exact) mass is 504 g/mol. The molecule has 0 bridgehead atoms. The predicted octanol–water partition coefficient (Wildman–Crippen LogP) is -7.57. The largest absolute Gasteiger partial charge is 0.394 e. The van der Waals surface area contributed by atoms with Gasteiger partial charge in [-0.05, 0) is 0 Å². The lowest BCUT2D eigenvalue weighted by Gasteiger charge is -2.45. The van der Waals surface area contributed by atoms with E-state index >= 15 is 0 Å². The minimum atomic E-state index is -1.93. The third-order valence-electron chi connectivity index (χ3n) is 6.07. The highest BCUT2D eigenvalue weighted by atomic mass is 16.7. The Morgan fingerprint density at radius 2 is 1.00 bits per heavy atom. The van der Waals surface area contributed by atoms with Gasteiger partial charge in [-0.15, -0.1) is 0 Å². The van der Waals surface area contributed by atoms with Crippen molar-refractivity contribution in [3.8, 4) is 0 Å². The molecule has 3 aliphatic rings. The van der Waals surface area contributed by atoms with E-state index in [1.807, 2.05) is 0 Å². The lowest BCUT2D eigenvalue weighted by atomic mass is 9.97. The van der Waals surface area contributed by atoms with Gasteiger partial charge in [0.15, 0.2) is 18.9 Å². The summed E-state index contributed by atoms with van der Waals surface area (Å²) in [5.74, 6) is 0.